The van der Waals surface area contributed by atoms with Crippen molar-refractivity contribution in [2.24, 2.45) is 0 Å². The van der Waals surface area contributed by atoms with Crippen LogP contribution in [0, 0.1) is 5.82 Å². The Morgan fingerprint density at radius 3 is 2.41 bits per heavy atom. The van der Waals surface area contributed by atoms with Crippen LogP contribution in [0.15, 0.2) is 58.3 Å². The summed E-state index contributed by atoms with van der Waals surface area (Å²) < 4.78 is 13.7. The molecule has 1 nitrogen and oxygen atoms in total. The second-order valence-corrected chi connectivity index (χ2v) is 4.67. The average molecular weight is 246 g/mol. The zero-order valence-corrected chi connectivity index (χ0v) is 10.1. The third-order valence-corrected chi connectivity index (χ3v) is 3.44. The SMILES string of the molecule is CC(=O)c1cccc(F)c1Sc1ccccc1. The Morgan fingerprint density at radius 1 is 1.06 bits per heavy atom. The van der Waals surface area contributed by atoms with Gasteiger partial charge in [-0.2, -0.15) is 0 Å². The number of carbonyl (C=O) groups is 1. The third-order valence-electron chi connectivity index (χ3n) is 2.31. The molecule has 0 aromatic heterocycles. The molecule has 0 saturated heterocycles. The van der Waals surface area contributed by atoms with Crippen molar-refractivity contribution in [2.45, 2.75) is 16.7 Å². The standard InChI is InChI=1S/C14H11FOS/c1-10(16)12-8-5-9-13(15)14(12)17-11-6-3-2-4-7-11/h2-9H,1H3. The highest BCUT2D eigenvalue weighted by molar-refractivity contribution is 7.99. The minimum Gasteiger partial charge on any atom is -0.294 e. The lowest BCUT2D eigenvalue weighted by Crippen LogP contribution is -1.97. The van der Waals surface area contributed by atoms with E-state index in [9.17, 15) is 9.18 Å². The second-order valence-electron chi connectivity index (χ2n) is 3.59. The fourth-order valence-corrected chi connectivity index (χ4v) is 2.51. The van der Waals surface area contributed by atoms with Gasteiger partial charge in [-0.3, -0.25) is 4.79 Å². The quantitative estimate of drug-likeness (QED) is 0.756. The number of hydrogen-bond donors (Lipinski definition) is 0. The van der Waals surface area contributed by atoms with E-state index in [1.807, 2.05) is 30.3 Å². The highest BCUT2D eigenvalue weighted by Crippen LogP contribution is 2.32. The van der Waals surface area contributed by atoms with Crippen LogP contribution >= 0.6 is 11.8 Å². The molecule has 0 saturated carbocycles. The van der Waals surface area contributed by atoms with E-state index in [-0.39, 0.29) is 11.6 Å². The lowest BCUT2D eigenvalue weighted by Gasteiger charge is -2.07. The molecule has 3 heteroatoms. The van der Waals surface area contributed by atoms with E-state index in [4.69, 9.17) is 0 Å². The largest absolute Gasteiger partial charge is 0.294 e. The number of hydrogen-bond acceptors (Lipinski definition) is 2. The van der Waals surface area contributed by atoms with Crippen LogP contribution in [0.25, 0.3) is 0 Å². The van der Waals surface area contributed by atoms with Crippen molar-refractivity contribution < 1.29 is 9.18 Å². The van der Waals surface area contributed by atoms with E-state index in [2.05, 4.69) is 0 Å². The van der Waals surface area contributed by atoms with Crippen molar-refractivity contribution in [3.05, 3.63) is 59.9 Å². The molecule has 2 aromatic rings. The predicted molar refractivity (Wildman–Crippen MR) is 67.0 cm³/mol. The van der Waals surface area contributed by atoms with Crippen LogP contribution in [0.5, 0.6) is 0 Å². The first-order valence-electron chi connectivity index (χ1n) is 5.21. The van der Waals surface area contributed by atoms with Gasteiger partial charge in [0.1, 0.15) is 5.82 Å². The van der Waals surface area contributed by atoms with Crippen molar-refractivity contribution in [3.63, 3.8) is 0 Å². The first kappa shape index (κ1) is 11.9. The van der Waals surface area contributed by atoms with Crippen molar-refractivity contribution in [2.75, 3.05) is 0 Å². The van der Waals surface area contributed by atoms with Crippen LogP contribution in [-0.2, 0) is 0 Å². The van der Waals surface area contributed by atoms with Crippen LogP contribution in [0.1, 0.15) is 17.3 Å². The number of ketones is 1. The highest BCUT2D eigenvalue weighted by atomic mass is 32.2. The average Bonchev–Trinajstić information content (AvgIpc) is 2.33. The molecule has 0 spiro atoms. The molecule has 0 unspecified atom stereocenters. The molecule has 0 aliphatic carbocycles. The maximum absolute atomic E-state index is 13.7. The van der Waals surface area contributed by atoms with Gasteiger partial charge in [0.25, 0.3) is 0 Å². The summed E-state index contributed by atoms with van der Waals surface area (Å²) in [6, 6.07) is 14.0. The number of Topliss-reactive ketones (excluding diaryl/α,β-unsaturated/α-hetero) is 1. The summed E-state index contributed by atoms with van der Waals surface area (Å²) in [6.45, 7) is 1.45. The van der Waals surface area contributed by atoms with Crippen LogP contribution in [0.3, 0.4) is 0 Å². The van der Waals surface area contributed by atoms with Crippen molar-refractivity contribution >= 4 is 17.5 Å². The fourth-order valence-electron chi connectivity index (χ4n) is 1.50. The summed E-state index contributed by atoms with van der Waals surface area (Å²) in [5.74, 6) is -0.477. The predicted octanol–water partition coefficient (Wildman–Crippen LogP) is 4.18. The van der Waals surface area contributed by atoms with Crippen LogP contribution in [-0.4, -0.2) is 5.78 Å². The molecule has 2 aromatic carbocycles. The van der Waals surface area contributed by atoms with Crippen molar-refractivity contribution in [1.29, 1.82) is 0 Å². The molecular weight excluding hydrogens is 235 g/mol. The van der Waals surface area contributed by atoms with E-state index < -0.39 is 0 Å². The van der Waals surface area contributed by atoms with Gasteiger partial charge in [0.2, 0.25) is 0 Å². The Morgan fingerprint density at radius 2 is 1.76 bits per heavy atom. The number of halogens is 1. The second kappa shape index (κ2) is 5.15. The van der Waals surface area contributed by atoms with Gasteiger partial charge in [0, 0.05) is 10.5 Å². The molecule has 0 fully saturated rings. The maximum atomic E-state index is 13.7. The summed E-state index contributed by atoms with van der Waals surface area (Å²) in [5.41, 5.74) is 0.429. The minimum absolute atomic E-state index is 0.122. The van der Waals surface area contributed by atoms with Gasteiger partial charge in [-0.25, -0.2) is 4.39 Å². The summed E-state index contributed by atoms with van der Waals surface area (Å²) in [5, 5.41) is 0. The van der Waals surface area contributed by atoms with Gasteiger partial charge in [-0.05, 0) is 25.1 Å². The molecule has 0 radical (unpaired) electrons. The van der Waals surface area contributed by atoms with Crippen LogP contribution in [0.4, 0.5) is 4.39 Å². The lowest BCUT2D eigenvalue weighted by molar-refractivity contribution is 0.101. The van der Waals surface area contributed by atoms with E-state index >= 15 is 0 Å². The Kier molecular flexibility index (Phi) is 3.59. The summed E-state index contributed by atoms with van der Waals surface area (Å²) >= 11 is 1.27. The zero-order valence-electron chi connectivity index (χ0n) is 9.31. The molecule has 0 atom stereocenters. The van der Waals surface area contributed by atoms with Crippen molar-refractivity contribution in [3.8, 4) is 0 Å². The van der Waals surface area contributed by atoms with Gasteiger partial charge >= 0.3 is 0 Å². The van der Waals surface area contributed by atoms with Gasteiger partial charge in [0.15, 0.2) is 5.78 Å². The van der Waals surface area contributed by atoms with Gasteiger partial charge in [-0.15, -0.1) is 0 Å². The highest BCUT2D eigenvalue weighted by Gasteiger charge is 2.12. The molecule has 0 aliphatic heterocycles. The van der Waals surface area contributed by atoms with Crippen molar-refractivity contribution in [1.82, 2.24) is 0 Å². The Labute approximate surface area is 104 Å². The Balaban J connectivity index is 2.41. The number of rotatable bonds is 3. The summed E-state index contributed by atoms with van der Waals surface area (Å²) in [4.78, 5) is 12.7. The maximum Gasteiger partial charge on any atom is 0.161 e. The smallest absolute Gasteiger partial charge is 0.161 e. The van der Waals surface area contributed by atoms with Crippen LogP contribution in [0.2, 0.25) is 0 Å². The molecule has 0 N–H and O–H groups in total. The molecular formula is C14H11FOS. The zero-order chi connectivity index (χ0) is 12.3. The van der Waals surface area contributed by atoms with E-state index in [1.165, 1.54) is 24.8 Å². The molecule has 0 heterocycles. The Hall–Kier alpha value is -1.61. The molecule has 0 aliphatic rings. The topological polar surface area (TPSA) is 17.1 Å². The van der Waals surface area contributed by atoms with Gasteiger partial charge in [-0.1, -0.05) is 42.1 Å². The molecule has 0 amide bonds. The van der Waals surface area contributed by atoms with E-state index in [0.717, 1.165) is 4.90 Å². The first-order chi connectivity index (χ1) is 8.18. The molecule has 0 bridgehead atoms. The Bertz CT molecular complexity index is 537. The van der Waals surface area contributed by atoms with Gasteiger partial charge in [0.05, 0.1) is 4.90 Å². The lowest BCUT2D eigenvalue weighted by atomic mass is 10.1. The molecule has 86 valence electrons. The monoisotopic (exact) mass is 246 g/mol. The normalized spacial score (nSPS) is 10.2. The number of carbonyl (C=O) groups excluding carboxylic acids is 1. The number of benzene rings is 2. The van der Waals surface area contributed by atoms with Crippen LogP contribution < -0.4 is 0 Å². The minimum atomic E-state index is -0.355. The molecule has 2 rings (SSSR count). The summed E-state index contributed by atoms with van der Waals surface area (Å²) in [7, 11) is 0. The van der Waals surface area contributed by atoms with E-state index in [0.29, 0.717) is 10.5 Å². The third kappa shape index (κ3) is 2.74. The molecule has 17 heavy (non-hydrogen) atoms. The van der Waals surface area contributed by atoms with E-state index in [1.54, 1.807) is 12.1 Å². The first-order valence-corrected chi connectivity index (χ1v) is 6.02. The van der Waals surface area contributed by atoms with Gasteiger partial charge < -0.3 is 0 Å². The fraction of sp³-hybridized carbons (Fsp3) is 0.0714. The summed E-state index contributed by atoms with van der Waals surface area (Å²) in [6.07, 6.45) is 0.